The highest BCUT2D eigenvalue weighted by Crippen LogP contribution is 2.29. The summed E-state index contributed by atoms with van der Waals surface area (Å²) >= 11 is 3.28. The van der Waals surface area contributed by atoms with Crippen molar-refractivity contribution in [1.29, 1.82) is 0 Å². The lowest BCUT2D eigenvalue weighted by Gasteiger charge is -2.38. The molecular weight excluding hydrogens is 285 g/mol. The van der Waals surface area contributed by atoms with Crippen LogP contribution in [0.2, 0.25) is 0 Å². The number of rotatable bonds is 2. The van der Waals surface area contributed by atoms with Gasteiger partial charge < -0.3 is 10.4 Å². The van der Waals surface area contributed by atoms with Crippen LogP contribution < -0.4 is 5.32 Å². The molecule has 1 aliphatic heterocycles. The Morgan fingerprint density at radius 1 is 1.53 bits per heavy atom. The van der Waals surface area contributed by atoms with E-state index >= 15 is 0 Å². The van der Waals surface area contributed by atoms with Gasteiger partial charge in [-0.2, -0.15) is 0 Å². The van der Waals surface area contributed by atoms with E-state index in [1.807, 2.05) is 13.0 Å². The minimum absolute atomic E-state index is 0.179. The Hall–Kier alpha value is -0.450. The van der Waals surface area contributed by atoms with Gasteiger partial charge in [0.15, 0.2) is 0 Å². The van der Waals surface area contributed by atoms with Gasteiger partial charge >= 0.3 is 0 Å². The van der Waals surface area contributed by atoms with Crippen LogP contribution in [0.1, 0.15) is 18.9 Å². The summed E-state index contributed by atoms with van der Waals surface area (Å²) in [6.07, 6.45) is 1.22. The second-order valence-electron chi connectivity index (χ2n) is 4.91. The Balaban J connectivity index is 2.18. The molecular formula is C13H17BrFNO. The number of benzene rings is 1. The molecule has 1 saturated heterocycles. The normalized spacial score (nSPS) is 29.3. The van der Waals surface area contributed by atoms with Crippen LogP contribution in [0.5, 0.6) is 0 Å². The third kappa shape index (κ3) is 3.06. The molecule has 1 heterocycles. The maximum Gasteiger partial charge on any atom is 0.124 e. The van der Waals surface area contributed by atoms with E-state index in [9.17, 15) is 9.50 Å². The van der Waals surface area contributed by atoms with E-state index in [1.165, 1.54) is 12.1 Å². The van der Waals surface area contributed by atoms with Crippen LogP contribution in [0.15, 0.2) is 22.7 Å². The molecule has 94 valence electrons. The summed E-state index contributed by atoms with van der Waals surface area (Å²) in [5.41, 5.74) is 0.117. The third-order valence-corrected chi connectivity index (χ3v) is 3.99. The van der Waals surface area contributed by atoms with Crippen molar-refractivity contribution in [2.75, 3.05) is 13.1 Å². The molecule has 1 aliphatic rings. The maximum absolute atomic E-state index is 13.3. The van der Waals surface area contributed by atoms with E-state index in [4.69, 9.17) is 0 Å². The molecule has 17 heavy (non-hydrogen) atoms. The number of aliphatic hydroxyl groups is 1. The topological polar surface area (TPSA) is 32.3 Å². The van der Waals surface area contributed by atoms with Gasteiger partial charge in [0.25, 0.3) is 0 Å². The first-order valence-corrected chi connectivity index (χ1v) is 6.67. The molecule has 2 atom stereocenters. The molecule has 0 amide bonds. The summed E-state index contributed by atoms with van der Waals surface area (Å²) in [6.45, 7) is 3.66. The summed E-state index contributed by atoms with van der Waals surface area (Å²) in [5.74, 6) is -0.0853. The predicted molar refractivity (Wildman–Crippen MR) is 69.4 cm³/mol. The van der Waals surface area contributed by atoms with E-state index < -0.39 is 5.60 Å². The molecule has 1 aromatic carbocycles. The van der Waals surface area contributed by atoms with E-state index in [0.717, 1.165) is 23.1 Å². The number of nitrogens with one attached hydrogen (secondary N) is 1. The average Bonchev–Trinajstić information content (AvgIpc) is 2.21. The van der Waals surface area contributed by atoms with Gasteiger partial charge in [-0.25, -0.2) is 4.39 Å². The molecule has 0 aliphatic carbocycles. The van der Waals surface area contributed by atoms with Crippen LogP contribution >= 0.6 is 15.9 Å². The van der Waals surface area contributed by atoms with Crippen molar-refractivity contribution in [1.82, 2.24) is 5.32 Å². The quantitative estimate of drug-likeness (QED) is 0.880. The molecule has 4 heteroatoms. The lowest BCUT2D eigenvalue weighted by Crippen LogP contribution is -2.50. The van der Waals surface area contributed by atoms with E-state index in [2.05, 4.69) is 21.2 Å². The minimum atomic E-state index is -0.724. The number of hydrogen-bond donors (Lipinski definition) is 2. The molecule has 0 spiro atoms. The summed E-state index contributed by atoms with van der Waals surface area (Å²) < 4.78 is 14.0. The number of hydrogen-bond acceptors (Lipinski definition) is 2. The zero-order chi connectivity index (χ0) is 12.5. The molecule has 0 radical (unpaired) electrons. The van der Waals surface area contributed by atoms with Crippen molar-refractivity contribution in [2.45, 2.75) is 25.4 Å². The van der Waals surface area contributed by atoms with Crippen LogP contribution in [0, 0.1) is 11.7 Å². The largest absolute Gasteiger partial charge is 0.389 e. The highest BCUT2D eigenvalue weighted by atomic mass is 79.9. The van der Waals surface area contributed by atoms with Crippen LogP contribution in [-0.4, -0.2) is 23.8 Å². The lowest BCUT2D eigenvalue weighted by atomic mass is 9.78. The van der Waals surface area contributed by atoms with Crippen molar-refractivity contribution in [3.8, 4) is 0 Å². The van der Waals surface area contributed by atoms with E-state index in [-0.39, 0.29) is 11.7 Å². The highest BCUT2D eigenvalue weighted by Gasteiger charge is 2.36. The fourth-order valence-corrected chi connectivity index (χ4v) is 2.90. The Bertz CT molecular complexity index is 392. The number of piperidine rings is 1. The van der Waals surface area contributed by atoms with Crippen LogP contribution in [0.3, 0.4) is 0 Å². The molecule has 2 nitrogen and oxygen atoms in total. The molecule has 1 aromatic rings. The Morgan fingerprint density at radius 3 is 2.94 bits per heavy atom. The molecule has 0 saturated carbocycles. The van der Waals surface area contributed by atoms with Crippen LogP contribution in [-0.2, 0) is 6.42 Å². The fraction of sp³-hybridized carbons (Fsp3) is 0.538. The van der Waals surface area contributed by atoms with Gasteiger partial charge in [0.1, 0.15) is 5.82 Å². The summed E-state index contributed by atoms with van der Waals surface area (Å²) in [4.78, 5) is 0. The lowest BCUT2D eigenvalue weighted by molar-refractivity contribution is -0.0330. The van der Waals surface area contributed by atoms with E-state index in [0.29, 0.717) is 12.8 Å². The van der Waals surface area contributed by atoms with Crippen molar-refractivity contribution in [3.05, 3.63) is 34.1 Å². The first-order valence-electron chi connectivity index (χ1n) is 5.88. The first kappa shape index (κ1) is 13.0. The van der Waals surface area contributed by atoms with Gasteiger partial charge in [-0.3, -0.25) is 0 Å². The summed E-state index contributed by atoms with van der Waals surface area (Å²) in [7, 11) is 0. The smallest absolute Gasteiger partial charge is 0.124 e. The Morgan fingerprint density at radius 2 is 2.29 bits per heavy atom. The fourth-order valence-electron chi connectivity index (χ4n) is 2.39. The van der Waals surface area contributed by atoms with Gasteiger partial charge in [-0.05, 0) is 42.6 Å². The second kappa shape index (κ2) is 5.04. The SMILES string of the molecule is CC1CNCCC1(O)Cc1cc(F)cc(Br)c1. The van der Waals surface area contributed by atoms with Gasteiger partial charge in [0.05, 0.1) is 5.60 Å². The van der Waals surface area contributed by atoms with Crippen LogP contribution in [0.25, 0.3) is 0 Å². The number of halogens is 2. The first-order chi connectivity index (χ1) is 7.99. The van der Waals surface area contributed by atoms with Crippen LogP contribution in [0.4, 0.5) is 4.39 Å². The maximum atomic E-state index is 13.3. The molecule has 2 N–H and O–H groups in total. The molecule has 2 rings (SSSR count). The van der Waals surface area contributed by atoms with Crippen molar-refractivity contribution >= 4 is 15.9 Å². The van der Waals surface area contributed by atoms with Crippen molar-refractivity contribution < 1.29 is 9.50 Å². The Labute approximate surface area is 109 Å². The Kier molecular flexibility index (Phi) is 3.85. The summed E-state index contributed by atoms with van der Waals surface area (Å²) in [6, 6.07) is 4.80. The average molecular weight is 302 g/mol. The van der Waals surface area contributed by atoms with Gasteiger partial charge in [0.2, 0.25) is 0 Å². The third-order valence-electron chi connectivity index (χ3n) is 3.54. The zero-order valence-electron chi connectivity index (χ0n) is 9.84. The monoisotopic (exact) mass is 301 g/mol. The molecule has 1 fully saturated rings. The summed E-state index contributed by atoms with van der Waals surface area (Å²) in [5, 5.41) is 13.9. The standard InChI is InChI=1S/C13H17BrFNO/c1-9-8-16-3-2-13(9,17)7-10-4-11(14)6-12(15)5-10/h4-6,9,16-17H,2-3,7-8H2,1H3. The molecule has 2 unspecified atom stereocenters. The zero-order valence-corrected chi connectivity index (χ0v) is 11.4. The molecule has 0 bridgehead atoms. The predicted octanol–water partition coefficient (Wildman–Crippen LogP) is 2.49. The van der Waals surface area contributed by atoms with E-state index in [1.54, 1.807) is 0 Å². The van der Waals surface area contributed by atoms with Gasteiger partial charge in [0, 0.05) is 17.4 Å². The van der Waals surface area contributed by atoms with Crippen molar-refractivity contribution in [2.24, 2.45) is 5.92 Å². The second-order valence-corrected chi connectivity index (χ2v) is 5.83. The van der Waals surface area contributed by atoms with Gasteiger partial charge in [-0.15, -0.1) is 0 Å². The minimum Gasteiger partial charge on any atom is -0.389 e. The highest BCUT2D eigenvalue weighted by molar-refractivity contribution is 9.10. The molecule has 0 aromatic heterocycles. The van der Waals surface area contributed by atoms with Gasteiger partial charge in [-0.1, -0.05) is 22.9 Å². The van der Waals surface area contributed by atoms with Crippen molar-refractivity contribution in [3.63, 3.8) is 0 Å².